The van der Waals surface area contributed by atoms with E-state index in [9.17, 15) is 10.2 Å². The minimum absolute atomic E-state index is 0.197. The highest BCUT2D eigenvalue weighted by Gasteiger charge is 2.25. The highest BCUT2D eigenvalue weighted by molar-refractivity contribution is 6.31. The van der Waals surface area contributed by atoms with Gasteiger partial charge in [0.2, 0.25) is 0 Å². The SMILES string of the molecule is CC(O)(Cc1cccc(O)c1)c1ccccc1Cl. The molecule has 0 saturated carbocycles. The zero-order chi connectivity index (χ0) is 13.2. The number of aromatic hydroxyl groups is 1. The van der Waals surface area contributed by atoms with Gasteiger partial charge in [0.25, 0.3) is 0 Å². The molecule has 18 heavy (non-hydrogen) atoms. The first kappa shape index (κ1) is 12.9. The number of phenols is 1. The molecule has 0 aromatic heterocycles. The van der Waals surface area contributed by atoms with E-state index in [4.69, 9.17) is 11.6 Å². The Morgan fingerprint density at radius 3 is 2.50 bits per heavy atom. The molecule has 3 heteroatoms. The lowest BCUT2D eigenvalue weighted by atomic mass is 9.89. The second-order valence-electron chi connectivity index (χ2n) is 4.60. The Morgan fingerprint density at radius 2 is 1.83 bits per heavy atom. The summed E-state index contributed by atoms with van der Waals surface area (Å²) in [6.07, 6.45) is 0.394. The predicted octanol–water partition coefficient (Wildman–Crippen LogP) is 3.50. The maximum atomic E-state index is 10.5. The zero-order valence-electron chi connectivity index (χ0n) is 10.1. The normalized spacial score (nSPS) is 14.2. The topological polar surface area (TPSA) is 40.5 Å². The molecular formula is C15H15ClO2. The third-order valence-corrected chi connectivity index (χ3v) is 3.24. The van der Waals surface area contributed by atoms with Crippen molar-refractivity contribution in [3.8, 4) is 5.75 Å². The van der Waals surface area contributed by atoms with Gasteiger partial charge in [-0.05, 0) is 30.7 Å². The largest absolute Gasteiger partial charge is 0.508 e. The quantitative estimate of drug-likeness (QED) is 0.889. The molecular weight excluding hydrogens is 248 g/mol. The van der Waals surface area contributed by atoms with E-state index in [0.717, 1.165) is 5.56 Å². The molecule has 2 aromatic rings. The Hall–Kier alpha value is -1.51. The number of rotatable bonds is 3. The molecule has 0 saturated heterocycles. The first-order chi connectivity index (χ1) is 8.49. The average molecular weight is 263 g/mol. The van der Waals surface area contributed by atoms with Gasteiger partial charge in [-0.15, -0.1) is 0 Å². The number of hydrogen-bond donors (Lipinski definition) is 2. The summed E-state index contributed by atoms with van der Waals surface area (Å²) in [5.41, 5.74) is 0.488. The van der Waals surface area contributed by atoms with Crippen LogP contribution in [0.2, 0.25) is 5.02 Å². The smallest absolute Gasteiger partial charge is 0.115 e. The highest BCUT2D eigenvalue weighted by atomic mass is 35.5. The van der Waals surface area contributed by atoms with Crippen LogP contribution in [-0.2, 0) is 12.0 Å². The molecule has 2 rings (SSSR count). The van der Waals surface area contributed by atoms with E-state index in [1.807, 2.05) is 24.3 Å². The molecule has 2 aromatic carbocycles. The average Bonchev–Trinajstić information content (AvgIpc) is 2.28. The Bertz CT molecular complexity index is 550. The lowest BCUT2D eigenvalue weighted by Crippen LogP contribution is -2.24. The maximum absolute atomic E-state index is 10.5. The summed E-state index contributed by atoms with van der Waals surface area (Å²) in [6.45, 7) is 1.72. The van der Waals surface area contributed by atoms with Crippen molar-refractivity contribution in [2.45, 2.75) is 18.9 Å². The van der Waals surface area contributed by atoms with E-state index >= 15 is 0 Å². The van der Waals surface area contributed by atoms with Crippen LogP contribution in [0.1, 0.15) is 18.1 Å². The van der Waals surface area contributed by atoms with Crippen molar-refractivity contribution >= 4 is 11.6 Å². The molecule has 0 amide bonds. The van der Waals surface area contributed by atoms with Crippen LogP contribution in [0.5, 0.6) is 5.75 Å². The molecule has 0 aliphatic rings. The van der Waals surface area contributed by atoms with Gasteiger partial charge in [0.1, 0.15) is 5.75 Å². The van der Waals surface area contributed by atoms with Crippen LogP contribution in [0.3, 0.4) is 0 Å². The molecule has 0 fully saturated rings. The zero-order valence-corrected chi connectivity index (χ0v) is 10.9. The molecule has 94 valence electrons. The second kappa shape index (κ2) is 5.01. The number of benzene rings is 2. The van der Waals surface area contributed by atoms with Gasteiger partial charge in [0.15, 0.2) is 0 Å². The summed E-state index contributed by atoms with van der Waals surface area (Å²) in [4.78, 5) is 0. The van der Waals surface area contributed by atoms with Crippen molar-refractivity contribution in [3.63, 3.8) is 0 Å². The fourth-order valence-corrected chi connectivity index (χ4v) is 2.40. The minimum atomic E-state index is -1.06. The fraction of sp³-hybridized carbons (Fsp3) is 0.200. The summed E-state index contributed by atoms with van der Waals surface area (Å²) in [6, 6.07) is 14.1. The summed E-state index contributed by atoms with van der Waals surface area (Å²) >= 11 is 6.10. The molecule has 0 heterocycles. The van der Waals surface area contributed by atoms with Crippen LogP contribution < -0.4 is 0 Å². The number of halogens is 1. The van der Waals surface area contributed by atoms with Gasteiger partial charge in [-0.1, -0.05) is 41.9 Å². The first-order valence-electron chi connectivity index (χ1n) is 5.74. The monoisotopic (exact) mass is 262 g/mol. The van der Waals surface area contributed by atoms with E-state index in [0.29, 0.717) is 17.0 Å². The summed E-state index contributed by atoms with van der Waals surface area (Å²) in [5, 5.41) is 20.5. The van der Waals surface area contributed by atoms with Gasteiger partial charge in [-0.2, -0.15) is 0 Å². The predicted molar refractivity (Wildman–Crippen MR) is 72.8 cm³/mol. The lowest BCUT2D eigenvalue weighted by Gasteiger charge is -2.25. The van der Waals surface area contributed by atoms with Crippen LogP contribution in [0.4, 0.5) is 0 Å². The lowest BCUT2D eigenvalue weighted by molar-refractivity contribution is 0.0577. The molecule has 1 unspecified atom stereocenters. The molecule has 2 nitrogen and oxygen atoms in total. The standard InChI is InChI=1S/C15H15ClO2/c1-15(18,13-7-2-3-8-14(13)16)10-11-5-4-6-12(17)9-11/h2-9,17-18H,10H2,1H3. The Labute approximate surface area is 111 Å². The maximum Gasteiger partial charge on any atom is 0.115 e. The summed E-state index contributed by atoms with van der Waals surface area (Å²) in [7, 11) is 0. The Balaban J connectivity index is 2.30. The van der Waals surface area contributed by atoms with E-state index < -0.39 is 5.60 Å². The minimum Gasteiger partial charge on any atom is -0.508 e. The van der Waals surface area contributed by atoms with Crippen molar-refractivity contribution in [1.29, 1.82) is 0 Å². The van der Waals surface area contributed by atoms with Crippen molar-refractivity contribution in [3.05, 3.63) is 64.7 Å². The molecule has 0 bridgehead atoms. The van der Waals surface area contributed by atoms with Crippen molar-refractivity contribution < 1.29 is 10.2 Å². The summed E-state index contributed by atoms with van der Waals surface area (Å²) in [5.74, 6) is 0.197. The van der Waals surface area contributed by atoms with Crippen molar-refractivity contribution in [2.24, 2.45) is 0 Å². The third-order valence-electron chi connectivity index (χ3n) is 2.91. The molecule has 0 aliphatic carbocycles. The molecule has 0 spiro atoms. The van der Waals surface area contributed by atoms with Gasteiger partial charge < -0.3 is 10.2 Å². The van der Waals surface area contributed by atoms with Crippen LogP contribution in [0.25, 0.3) is 0 Å². The number of phenolic OH excluding ortho intramolecular Hbond substituents is 1. The number of hydrogen-bond acceptors (Lipinski definition) is 2. The van der Waals surface area contributed by atoms with Crippen LogP contribution >= 0.6 is 11.6 Å². The highest BCUT2D eigenvalue weighted by Crippen LogP contribution is 2.31. The summed E-state index contributed by atoms with van der Waals surface area (Å²) < 4.78 is 0. The van der Waals surface area contributed by atoms with Crippen molar-refractivity contribution in [2.75, 3.05) is 0 Å². The van der Waals surface area contributed by atoms with E-state index in [1.165, 1.54) is 0 Å². The Morgan fingerprint density at radius 1 is 1.11 bits per heavy atom. The van der Waals surface area contributed by atoms with E-state index in [-0.39, 0.29) is 5.75 Å². The fourth-order valence-electron chi connectivity index (χ4n) is 2.06. The van der Waals surface area contributed by atoms with E-state index in [1.54, 1.807) is 31.2 Å². The van der Waals surface area contributed by atoms with Crippen LogP contribution in [0.15, 0.2) is 48.5 Å². The first-order valence-corrected chi connectivity index (χ1v) is 6.12. The van der Waals surface area contributed by atoms with Gasteiger partial charge >= 0.3 is 0 Å². The Kier molecular flexibility index (Phi) is 3.60. The van der Waals surface area contributed by atoms with Crippen molar-refractivity contribution in [1.82, 2.24) is 0 Å². The molecule has 0 radical (unpaired) electrons. The van der Waals surface area contributed by atoms with Crippen LogP contribution in [0, 0.1) is 0 Å². The van der Waals surface area contributed by atoms with Gasteiger partial charge in [-0.25, -0.2) is 0 Å². The number of aliphatic hydroxyl groups is 1. The second-order valence-corrected chi connectivity index (χ2v) is 5.01. The van der Waals surface area contributed by atoms with Gasteiger partial charge in [-0.3, -0.25) is 0 Å². The van der Waals surface area contributed by atoms with Gasteiger partial charge in [0.05, 0.1) is 5.60 Å². The van der Waals surface area contributed by atoms with E-state index in [2.05, 4.69) is 0 Å². The van der Waals surface area contributed by atoms with Gasteiger partial charge in [0, 0.05) is 17.0 Å². The molecule has 2 N–H and O–H groups in total. The molecule has 1 atom stereocenters. The third kappa shape index (κ3) is 2.84. The molecule has 0 aliphatic heterocycles. The van der Waals surface area contributed by atoms with Crippen LogP contribution in [-0.4, -0.2) is 10.2 Å².